The molecule has 2 rings (SSSR count). The molecule has 1 nitrogen and oxygen atoms in total. The standard InChI is InChI=1S/C19H30FN/c1-5-10-21-13-15-8-9-19(3,4)12-18(15)17-11-16(20)7-6-14(17)2/h6-7,11,15,18,21H,5,8-10,12-13H2,1-4H3. The molecule has 2 atom stereocenters. The normalized spacial score (nSPS) is 25.0. The van der Waals surface area contributed by atoms with Crippen molar-refractivity contribution in [2.45, 2.75) is 59.3 Å². The monoisotopic (exact) mass is 291 g/mol. The first-order valence-electron chi connectivity index (χ1n) is 8.40. The SMILES string of the molecule is CCCNCC1CCC(C)(C)CC1c1cc(F)ccc1C. The third-order valence-corrected chi connectivity index (χ3v) is 5.01. The van der Waals surface area contributed by atoms with E-state index in [4.69, 9.17) is 0 Å². The summed E-state index contributed by atoms with van der Waals surface area (Å²) in [5.41, 5.74) is 2.83. The van der Waals surface area contributed by atoms with E-state index in [-0.39, 0.29) is 5.82 Å². The van der Waals surface area contributed by atoms with Gasteiger partial charge in [-0.05, 0) is 86.2 Å². The summed E-state index contributed by atoms with van der Waals surface area (Å²) in [6.07, 6.45) is 4.85. The number of benzene rings is 1. The zero-order valence-electron chi connectivity index (χ0n) is 14.0. The number of nitrogens with one attached hydrogen (secondary N) is 1. The van der Waals surface area contributed by atoms with E-state index in [1.54, 1.807) is 12.1 Å². The lowest BCUT2D eigenvalue weighted by molar-refractivity contribution is 0.159. The summed E-state index contributed by atoms with van der Waals surface area (Å²) < 4.78 is 13.7. The molecule has 21 heavy (non-hydrogen) atoms. The van der Waals surface area contributed by atoms with Crippen LogP contribution in [0.2, 0.25) is 0 Å². The predicted molar refractivity (Wildman–Crippen MR) is 88.2 cm³/mol. The van der Waals surface area contributed by atoms with Crippen molar-refractivity contribution in [3.63, 3.8) is 0 Å². The molecule has 1 fully saturated rings. The molecule has 1 aliphatic carbocycles. The van der Waals surface area contributed by atoms with Crippen LogP contribution in [0, 0.1) is 24.1 Å². The van der Waals surface area contributed by atoms with Gasteiger partial charge >= 0.3 is 0 Å². The highest BCUT2D eigenvalue weighted by Gasteiger charge is 2.36. The van der Waals surface area contributed by atoms with Crippen LogP contribution in [0.4, 0.5) is 4.39 Å². The van der Waals surface area contributed by atoms with E-state index < -0.39 is 0 Å². The minimum Gasteiger partial charge on any atom is -0.316 e. The molecular weight excluding hydrogens is 261 g/mol. The van der Waals surface area contributed by atoms with Crippen molar-refractivity contribution in [2.75, 3.05) is 13.1 Å². The Labute approximate surface area is 129 Å². The van der Waals surface area contributed by atoms with E-state index in [0.717, 1.165) is 19.5 Å². The van der Waals surface area contributed by atoms with Gasteiger partial charge in [-0.15, -0.1) is 0 Å². The maximum absolute atomic E-state index is 13.7. The van der Waals surface area contributed by atoms with Crippen molar-refractivity contribution in [3.05, 3.63) is 35.1 Å². The third-order valence-electron chi connectivity index (χ3n) is 5.01. The van der Waals surface area contributed by atoms with Gasteiger partial charge in [0, 0.05) is 0 Å². The van der Waals surface area contributed by atoms with Gasteiger partial charge in [-0.2, -0.15) is 0 Å². The molecule has 1 saturated carbocycles. The van der Waals surface area contributed by atoms with Crippen LogP contribution in [-0.2, 0) is 0 Å². The van der Waals surface area contributed by atoms with Crippen LogP contribution in [0.15, 0.2) is 18.2 Å². The fraction of sp³-hybridized carbons (Fsp3) is 0.684. The van der Waals surface area contributed by atoms with E-state index >= 15 is 0 Å². The molecular formula is C19H30FN. The van der Waals surface area contributed by atoms with Crippen LogP contribution in [0.3, 0.4) is 0 Å². The fourth-order valence-corrected chi connectivity index (χ4v) is 3.72. The third kappa shape index (κ3) is 4.29. The summed E-state index contributed by atoms with van der Waals surface area (Å²) in [5, 5.41) is 3.57. The molecule has 0 bridgehead atoms. The summed E-state index contributed by atoms with van der Waals surface area (Å²) in [4.78, 5) is 0. The predicted octanol–water partition coefficient (Wildman–Crippen LogP) is 5.04. The Morgan fingerprint density at radius 1 is 1.33 bits per heavy atom. The molecule has 0 spiro atoms. The van der Waals surface area contributed by atoms with E-state index in [1.807, 2.05) is 6.07 Å². The van der Waals surface area contributed by atoms with Gasteiger partial charge in [-0.1, -0.05) is 26.8 Å². The summed E-state index contributed by atoms with van der Waals surface area (Å²) >= 11 is 0. The lowest BCUT2D eigenvalue weighted by Crippen LogP contribution is -2.35. The van der Waals surface area contributed by atoms with E-state index in [2.05, 4.69) is 33.0 Å². The highest BCUT2D eigenvalue weighted by Crippen LogP contribution is 2.47. The fourth-order valence-electron chi connectivity index (χ4n) is 3.72. The molecule has 0 aromatic heterocycles. The van der Waals surface area contributed by atoms with E-state index in [0.29, 0.717) is 17.3 Å². The highest BCUT2D eigenvalue weighted by molar-refractivity contribution is 5.31. The van der Waals surface area contributed by atoms with Gasteiger partial charge in [0.05, 0.1) is 0 Å². The number of halogens is 1. The Balaban J connectivity index is 2.22. The van der Waals surface area contributed by atoms with Crippen molar-refractivity contribution in [3.8, 4) is 0 Å². The first-order valence-corrected chi connectivity index (χ1v) is 8.40. The van der Waals surface area contributed by atoms with E-state index in [9.17, 15) is 4.39 Å². The molecule has 1 aromatic rings. The van der Waals surface area contributed by atoms with Crippen LogP contribution in [0.5, 0.6) is 0 Å². The molecule has 0 aliphatic heterocycles. The van der Waals surface area contributed by atoms with Gasteiger partial charge < -0.3 is 5.32 Å². The Hall–Kier alpha value is -0.890. The molecule has 118 valence electrons. The minimum atomic E-state index is -0.0979. The topological polar surface area (TPSA) is 12.0 Å². The van der Waals surface area contributed by atoms with Crippen LogP contribution in [-0.4, -0.2) is 13.1 Å². The minimum absolute atomic E-state index is 0.0979. The quantitative estimate of drug-likeness (QED) is 0.749. The van der Waals surface area contributed by atoms with Gasteiger partial charge in [0.2, 0.25) is 0 Å². The molecule has 1 aliphatic rings. The second kappa shape index (κ2) is 6.91. The number of aryl methyl sites for hydroxylation is 1. The lowest BCUT2D eigenvalue weighted by Gasteiger charge is -2.42. The summed E-state index contributed by atoms with van der Waals surface area (Å²) in [6.45, 7) is 11.2. The Bertz CT molecular complexity index is 467. The smallest absolute Gasteiger partial charge is 0.123 e. The Morgan fingerprint density at radius 3 is 2.81 bits per heavy atom. The van der Waals surface area contributed by atoms with E-state index in [1.165, 1.54) is 30.4 Å². The van der Waals surface area contributed by atoms with Crippen LogP contribution < -0.4 is 5.32 Å². The van der Waals surface area contributed by atoms with Gasteiger partial charge in [-0.25, -0.2) is 4.39 Å². The first kappa shape index (κ1) is 16.5. The molecule has 0 amide bonds. The van der Waals surface area contributed by atoms with Crippen LogP contribution >= 0.6 is 0 Å². The lowest BCUT2D eigenvalue weighted by atomic mass is 9.64. The molecule has 2 unspecified atom stereocenters. The Morgan fingerprint density at radius 2 is 2.10 bits per heavy atom. The van der Waals surface area contributed by atoms with Crippen LogP contribution in [0.25, 0.3) is 0 Å². The zero-order chi connectivity index (χ0) is 15.5. The van der Waals surface area contributed by atoms with Crippen molar-refractivity contribution >= 4 is 0 Å². The number of rotatable bonds is 5. The zero-order valence-corrected chi connectivity index (χ0v) is 14.0. The van der Waals surface area contributed by atoms with Crippen molar-refractivity contribution < 1.29 is 4.39 Å². The van der Waals surface area contributed by atoms with Gasteiger partial charge in [0.15, 0.2) is 0 Å². The molecule has 0 radical (unpaired) electrons. The Kier molecular flexibility index (Phi) is 5.43. The molecule has 1 aromatic carbocycles. The summed E-state index contributed by atoms with van der Waals surface area (Å²) in [5.74, 6) is 1.01. The van der Waals surface area contributed by atoms with Crippen molar-refractivity contribution in [1.82, 2.24) is 5.32 Å². The van der Waals surface area contributed by atoms with Crippen LogP contribution in [0.1, 0.15) is 63.5 Å². The highest BCUT2D eigenvalue weighted by atomic mass is 19.1. The summed E-state index contributed by atoms with van der Waals surface area (Å²) in [6, 6.07) is 5.29. The van der Waals surface area contributed by atoms with Gasteiger partial charge in [0.1, 0.15) is 5.82 Å². The second-order valence-electron chi connectivity index (χ2n) is 7.48. The molecule has 0 heterocycles. The average Bonchev–Trinajstić information content (AvgIpc) is 2.43. The summed E-state index contributed by atoms with van der Waals surface area (Å²) in [7, 11) is 0. The number of hydrogen-bond acceptors (Lipinski definition) is 1. The molecule has 1 N–H and O–H groups in total. The maximum atomic E-state index is 13.7. The first-order chi connectivity index (χ1) is 9.93. The maximum Gasteiger partial charge on any atom is 0.123 e. The molecule has 0 saturated heterocycles. The molecule has 2 heteroatoms. The van der Waals surface area contributed by atoms with Crippen molar-refractivity contribution in [2.24, 2.45) is 11.3 Å². The van der Waals surface area contributed by atoms with Crippen molar-refractivity contribution in [1.29, 1.82) is 0 Å². The average molecular weight is 291 g/mol. The van der Waals surface area contributed by atoms with Gasteiger partial charge in [0.25, 0.3) is 0 Å². The largest absolute Gasteiger partial charge is 0.316 e. The van der Waals surface area contributed by atoms with Gasteiger partial charge in [-0.3, -0.25) is 0 Å². The second-order valence-corrected chi connectivity index (χ2v) is 7.48. The number of hydrogen-bond donors (Lipinski definition) is 1.